The molecule has 0 aliphatic heterocycles. The maximum Gasteiger partial charge on any atom is 0.0640 e. The van der Waals surface area contributed by atoms with Crippen molar-refractivity contribution in [3.63, 3.8) is 0 Å². The van der Waals surface area contributed by atoms with Crippen LogP contribution in [0.4, 0.5) is 0 Å². The summed E-state index contributed by atoms with van der Waals surface area (Å²) < 4.78 is 0. The minimum absolute atomic E-state index is 0.104. The number of rotatable bonds is 8. The van der Waals surface area contributed by atoms with Gasteiger partial charge in [0.15, 0.2) is 0 Å². The molecule has 0 aromatic heterocycles. The number of halogens is 2. The van der Waals surface area contributed by atoms with E-state index in [0.29, 0.717) is 16.1 Å². The summed E-state index contributed by atoms with van der Waals surface area (Å²) in [6, 6.07) is 6.17. The molecule has 2 rings (SSSR count). The maximum atomic E-state index is 9.03. The predicted molar refractivity (Wildman–Crippen MR) is 88.9 cm³/mol. The Labute approximate surface area is 137 Å². The molecule has 1 aliphatic rings. The van der Waals surface area contributed by atoms with E-state index in [-0.39, 0.29) is 12.6 Å². The molecule has 1 unspecified atom stereocenters. The molecule has 118 valence electrons. The molecular formula is C16H24Cl2N2O. The quantitative estimate of drug-likeness (QED) is 0.765. The lowest BCUT2D eigenvalue weighted by molar-refractivity contribution is 0.113. The van der Waals surface area contributed by atoms with E-state index in [0.717, 1.165) is 31.5 Å². The van der Waals surface area contributed by atoms with Crippen LogP contribution >= 0.6 is 23.2 Å². The zero-order valence-corrected chi connectivity index (χ0v) is 13.8. The van der Waals surface area contributed by atoms with Crippen LogP contribution in [-0.4, -0.2) is 35.7 Å². The second-order valence-corrected chi connectivity index (χ2v) is 6.52. The summed E-state index contributed by atoms with van der Waals surface area (Å²) in [5.41, 5.74) is 7.20. The first-order chi connectivity index (χ1) is 10.1. The molecule has 1 saturated carbocycles. The van der Waals surface area contributed by atoms with Crippen molar-refractivity contribution in [3.05, 3.63) is 33.8 Å². The standard InChI is InChI=1S/C16H24Cl2N2O/c17-14-7-2-6-13(16(14)18)15(19)8-10-20(9-3-11-21)12-4-1-5-12/h2,6-7,12,15,21H,1,3-5,8-11,19H2. The molecule has 5 heteroatoms. The molecule has 0 radical (unpaired) electrons. The minimum atomic E-state index is -0.104. The Balaban J connectivity index is 1.91. The first kappa shape index (κ1) is 17.0. The van der Waals surface area contributed by atoms with E-state index in [1.165, 1.54) is 19.3 Å². The van der Waals surface area contributed by atoms with Gasteiger partial charge in [0.05, 0.1) is 10.0 Å². The Morgan fingerprint density at radius 1 is 1.29 bits per heavy atom. The van der Waals surface area contributed by atoms with Crippen molar-refractivity contribution in [2.45, 2.75) is 44.2 Å². The van der Waals surface area contributed by atoms with Gasteiger partial charge in [0.2, 0.25) is 0 Å². The molecule has 0 amide bonds. The molecule has 1 aromatic carbocycles. The summed E-state index contributed by atoms with van der Waals surface area (Å²) in [5, 5.41) is 10.1. The molecule has 21 heavy (non-hydrogen) atoms. The SMILES string of the molecule is NC(CCN(CCCO)C1CCC1)c1cccc(Cl)c1Cl. The zero-order valence-electron chi connectivity index (χ0n) is 12.3. The van der Waals surface area contributed by atoms with Crippen LogP contribution in [0.1, 0.15) is 43.7 Å². The molecule has 0 spiro atoms. The van der Waals surface area contributed by atoms with Crippen molar-refractivity contribution < 1.29 is 5.11 Å². The Morgan fingerprint density at radius 2 is 2.05 bits per heavy atom. The van der Waals surface area contributed by atoms with Crippen molar-refractivity contribution in [2.75, 3.05) is 19.7 Å². The van der Waals surface area contributed by atoms with Crippen molar-refractivity contribution in [2.24, 2.45) is 5.73 Å². The van der Waals surface area contributed by atoms with E-state index in [1.807, 2.05) is 12.1 Å². The lowest BCUT2D eigenvalue weighted by Crippen LogP contribution is -2.42. The van der Waals surface area contributed by atoms with Crippen molar-refractivity contribution >= 4 is 23.2 Å². The predicted octanol–water partition coefficient (Wildman–Crippen LogP) is 3.62. The number of nitrogens with two attached hydrogens (primary N) is 1. The van der Waals surface area contributed by atoms with Crippen LogP contribution in [0.5, 0.6) is 0 Å². The fourth-order valence-electron chi connectivity index (χ4n) is 2.77. The second-order valence-electron chi connectivity index (χ2n) is 5.74. The van der Waals surface area contributed by atoms with E-state index >= 15 is 0 Å². The van der Waals surface area contributed by atoms with Crippen LogP contribution in [0.3, 0.4) is 0 Å². The normalized spacial score (nSPS) is 17.0. The van der Waals surface area contributed by atoms with Gasteiger partial charge in [-0.3, -0.25) is 0 Å². The van der Waals surface area contributed by atoms with Crippen LogP contribution in [0.2, 0.25) is 10.0 Å². The third-order valence-electron chi connectivity index (χ3n) is 4.30. The summed E-state index contributed by atoms with van der Waals surface area (Å²) in [6.45, 7) is 2.13. The van der Waals surface area contributed by atoms with Gasteiger partial charge in [0.25, 0.3) is 0 Å². The molecule has 0 heterocycles. The van der Waals surface area contributed by atoms with Crippen LogP contribution in [0.25, 0.3) is 0 Å². The summed E-state index contributed by atoms with van der Waals surface area (Å²) in [6.07, 6.45) is 5.51. The Kier molecular flexibility index (Phi) is 6.77. The lowest BCUT2D eigenvalue weighted by Gasteiger charge is -2.38. The highest BCUT2D eigenvalue weighted by Gasteiger charge is 2.25. The molecule has 1 aromatic rings. The highest BCUT2D eigenvalue weighted by atomic mass is 35.5. The number of hydrogen-bond donors (Lipinski definition) is 2. The largest absolute Gasteiger partial charge is 0.396 e. The van der Waals surface area contributed by atoms with Gasteiger partial charge in [0.1, 0.15) is 0 Å². The molecular weight excluding hydrogens is 307 g/mol. The fourth-order valence-corrected chi connectivity index (χ4v) is 3.22. The lowest BCUT2D eigenvalue weighted by atomic mass is 9.91. The first-order valence-electron chi connectivity index (χ1n) is 7.68. The van der Waals surface area contributed by atoms with E-state index in [1.54, 1.807) is 6.07 Å². The first-order valence-corrected chi connectivity index (χ1v) is 8.43. The van der Waals surface area contributed by atoms with Gasteiger partial charge in [-0.15, -0.1) is 0 Å². The third kappa shape index (κ3) is 4.57. The van der Waals surface area contributed by atoms with E-state index in [4.69, 9.17) is 34.0 Å². The Bertz CT molecular complexity index is 452. The topological polar surface area (TPSA) is 49.5 Å². The molecule has 1 fully saturated rings. The van der Waals surface area contributed by atoms with Gasteiger partial charge in [-0.05, 0) is 37.3 Å². The number of hydrogen-bond acceptors (Lipinski definition) is 3. The van der Waals surface area contributed by atoms with Crippen LogP contribution < -0.4 is 5.73 Å². The van der Waals surface area contributed by atoms with Gasteiger partial charge in [-0.2, -0.15) is 0 Å². The molecule has 1 atom stereocenters. The van der Waals surface area contributed by atoms with Gasteiger partial charge in [0, 0.05) is 31.8 Å². The van der Waals surface area contributed by atoms with Crippen molar-refractivity contribution in [3.8, 4) is 0 Å². The van der Waals surface area contributed by atoms with Gasteiger partial charge < -0.3 is 15.7 Å². The van der Waals surface area contributed by atoms with Gasteiger partial charge in [-0.25, -0.2) is 0 Å². The number of benzene rings is 1. The zero-order chi connectivity index (χ0) is 15.2. The van der Waals surface area contributed by atoms with Crippen molar-refractivity contribution in [1.82, 2.24) is 4.90 Å². The Morgan fingerprint density at radius 3 is 2.67 bits per heavy atom. The van der Waals surface area contributed by atoms with E-state index in [2.05, 4.69) is 4.90 Å². The number of aliphatic hydroxyl groups excluding tert-OH is 1. The number of nitrogens with zero attached hydrogens (tertiary/aromatic N) is 1. The van der Waals surface area contributed by atoms with Gasteiger partial charge >= 0.3 is 0 Å². The molecule has 0 saturated heterocycles. The summed E-state index contributed by atoms with van der Waals surface area (Å²) in [7, 11) is 0. The molecule has 1 aliphatic carbocycles. The maximum absolute atomic E-state index is 9.03. The highest BCUT2D eigenvalue weighted by Crippen LogP contribution is 2.31. The second kappa shape index (κ2) is 8.35. The monoisotopic (exact) mass is 330 g/mol. The highest BCUT2D eigenvalue weighted by molar-refractivity contribution is 6.42. The van der Waals surface area contributed by atoms with Crippen LogP contribution in [0.15, 0.2) is 18.2 Å². The average Bonchev–Trinajstić information content (AvgIpc) is 2.42. The fraction of sp³-hybridized carbons (Fsp3) is 0.625. The molecule has 3 nitrogen and oxygen atoms in total. The summed E-state index contributed by atoms with van der Waals surface area (Å²) >= 11 is 12.3. The molecule has 0 bridgehead atoms. The average molecular weight is 331 g/mol. The van der Waals surface area contributed by atoms with E-state index in [9.17, 15) is 0 Å². The van der Waals surface area contributed by atoms with Gasteiger partial charge in [-0.1, -0.05) is 41.8 Å². The summed E-state index contributed by atoms with van der Waals surface area (Å²) in [4.78, 5) is 2.46. The van der Waals surface area contributed by atoms with Crippen LogP contribution in [0, 0.1) is 0 Å². The minimum Gasteiger partial charge on any atom is -0.396 e. The smallest absolute Gasteiger partial charge is 0.0640 e. The Hall–Kier alpha value is -0.320. The number of aliphatic hydroxyl groups is 1. The van der Waals surface area contributed by atoms with Crippen molar-refractivity contribution in [1.29, 1.82) is 0 Å². The molecule has 3 N–H and O–H groups in total. The van der Waals surface area contributed by atoms with E-state index < -0.39 is 0 Å². The van der Waals surface area contributed by atoms with Crippen LogP contribution in [-0.2, 0) is 0 Å². The third-order valence-corrected chi connectivity index (χ3v) is 5.14. The summed E-state index contributed by atoms with van der Waals surface area (Å²) in [5.74, 6) is 0.